The topological polar surface area (TPSA) is 99.1 Å². The van der Waals surface area contributed by atoms with E-state index < -0.39 is 26.8 Å². The van der Waals surface area contributed by atoms with Crippen LogP contribution in [0.1, 0.15) is 42.3 Å². The summed E-state index contributed by atoms with van der Waals surface area (Å²) in [6, 6.07) is 14.3. The van der Waals surface area contributed by atoms with E-state index in [2.05, 4.69) is 10.0 Å². The summed E-state index contributed by atoms with van der Waals surface area (Å²) >= 11 is 0. The van der Waals surface area contributed by atoms with Crippen molar-refractivity contribution in [3.8, 4) is 6.07 Å². The van der Waals surface area contributed by atoms with E-state index in [-0.39, 0.29) is 12.1 Å². The molecule has 1 amide bonds. The van der Waals surface area contributed by atoms with E-state index in [1.165, 1.54) is 51.1 Å². The van der Waals surface area contributed by atoms with Crippen molar-refractivity contribution < 1.29 is 17.6 Å². The van der Waals surface area contributed by atoms with Gasteiger partial charge in [0, 0.05) is 17.8 Å². The number of hydrogen-bond donors (Lipinski definition) is 2. The first-order valence-electron chi connectivity index (χ1n) is 8.64. The summed E-state index contributed by atoms with van der Waals surface area (Å²) in [5, 5.41) is 10.9. The van der Waals surface area contributed by atoms with Crippen LogP contribution in [0.3, 0.4) is 0 Å². The van der Waals surface area contributed by atoms with E-state index in [9.17, 15) is 17.6 Å². The third kappa shape index (κ3) is 5.38. The number of carbonyl (C=O) groups excluding carboxylic acids is 1. The number of nitriles is 1. The van der Waals surface area contributed by atoms with E-state index in [0.717, 1.165) is 0 Å². The number of carbonyl (C=O) groups is 1. The number of sulfonamides is 1. The van der Waals surface area contributed by atoms with Crippen molar-refractivity contribution in [3.63, 3.8) is 0 Å². The first kappa shape index (κ1) is 21.5. The molecule has 0 bridgehead atoms. The van der Waals surface area contributed by atoms with Gasteiger partial charge in [0.25, 0.3) is 5.91 Å². The Morgan fingerprint density at radius 3 is 2.43 bits per heavy atom. The summed E-state index contributed by atoms with van der Waals surface area (Å²) in [6.45, 7) is 3.93. The van der Waals surface area contributed by atoms with Crippen LogP contribution >= 0.6 is 0 Å². The van der Waals surface area contributed by atoms with Crippen LogP contribution in [-0.4, -0.2) is 26.1 Å². The van der Waals surface area contributed by atoms with Crippen LogP contribution in [-0.2, 0) is 15.7 Å². The molecule has 0 fully saturated rings. The van der Waals surface area contributed by atoms with Gasteiger partial charge >= 0.3 is 0 Å². The van der Waals surface area contributed by atoms with E-state index in [1.54, 1.807) is 18.2 Å². The van der Waals surface area contributed by atoms with E-state index >= 15 is 0 Å². The Kier molecular flexibility index (Phi) is 6.54. The molecular formula is C20H22FN3O3S. The molecule has 0 saturated carbocycles. The highest BCUT2D eigenvalue weighted by Gasteiger charge is 2.29. The summed E-state index contributed by atoms with van der Waals surface area (Å²) < 4.78 is 40.8. The second kappa shape index (κ2) is 8.50. The molecule has 0 aliphatic rings. The summed E-state index contributed by atoms with van der Waals surface area (Å²) in [6.07, 6.45) is 0. The minimum atomic E-state index is -3.57. The van der Waals surface area contributed by atoms with Crippen molar-refractivity contribution in [1.29, 1.82) is 5.26 Å². The molecule has 0 aromatic heterocycles. The van der Waals surface area contributed by atoms with Crippen molar-refractivity contribution in [3.05, 3.63) is 65.2 Å². The molecule has 1 atom stereocenters. The van der Waals surface area contributed by atoms with Crippen LogP contribution in [0.5, 0.6) is 0 Å². The van der Waals surface area contributed by atoms with Gasteiger partial charge in [-0.15, -0.1) is 0 Å². The molecule has 2 aromatic carbocycles. The second-order valence-electron chi connectivity index (χ2n) is 6.84. The monoisotopic (exact) mass is 403 g/mol. The van der Waals surface area contributed by atoms with Crippen molar-refractivity contribution in [1.82, 2.24) is 4.72 Å². The summed E-state index contributed by atoms with van der Waals surface area (Å²) in [4.78, 5) is 12.3. The van der Waals surface area contributed by atoms with Crippen molar-refractivity contribution in [2.24, 2.45) is 0 Å². The lowest BCUT2D eigenvalue weighted by atomic mass is 9.98. The first-order valence-corrected chi connectivity index (χ1v) is 10.2. The van der Waals surface area contributed by atoms with Gasteiger partial charge in [0.15, 0.2) is 0 Å². The lowest BCUT2D eigenvalue weighted by Gasteiger charge is -2.22. The molecule has 0 aliphatic carbocycles. The fourth-order valence-electron chi connectivity index (χ4n) is 2.34. The molecule has 148 valence electrons. The smallest absolute Gasteiger partial charge is 0.255 e. The zero-order chi connectivity index (χ0) is 20.9. The Balaban J connectivity index is 2.08. The fourth-order valence-corrected chi connectivity index (χ4v) is 3.14. The molecule has 6 nitrogen and oxygen atoms in total. The standard InChI is InChI=1S/C20H22FN3O3S/c1-14(2)28(26,27)23-13-20(3,21)17-7-9-18(10-8-17)24-19(25)16-6-4-5-15(11-16)12-22/h4-11,14,23H,13H2,1-3H3,(H,24,25). The third-order valence-corrected chi connectivity index (χ3v) is 6.01. The Hall–Kier alpha value is -2.76. The molecule has 1 unspecified atom stereocenters. The largest absolute Gasteiger partial charge is 0.322 e. The number of halogens is 1. The van der Waals surface area contributed by atoms with Crippen molar-refractivity contribution in [2.45, 2.75) is 31.7 Å². The van der Waals surface area contributed by atoms with Gasteiger partial charge < -0.3 is 5.32 Å². The zero-order valence-electron chi connectivity index (χ0n) is 15.9. The molecule has 2 aromatic rings. The van der Waals surface area contributed by atoms with Gasteiger partial charge in [0.2, 0.25) is 10.0 Å². The number of nitrogens with one attached hydrogen (secondary N) is 2. The first-order chi connectivity index (χ1) is 13.0. The highest BCUT2D eigenvalue weighted by atomic mass is 32.2. The minimum absolute atomic E-state index is 0.281. The van der Waals surface area contributed by atoms with Gasteiger partial charge in [-0.05, 0) is 56.7 Å². The van der Waals surface area contributed by atoms with Crippen molar-refractivity contribution >= 4 is 21.6 Å². The number of benzene rings is 2. The minimum Gasteiger partial charge on any atom is -0.322 e. The number of anilines is 1. The molecule has 2 N–H and O–H groups in total. The summed E-state index contributed by atoms with van der Waals surface area (Å²) in [5.41, 5.74) is -0.467. The fraction of sp³-hybridized carbons (Fsp3) is 0.300. The van der Waals surface area contributed by atoms with Gasteiger partial charge in [-0.2, -0.15) is 5.26 Å². The van der Waals surface area contributed by atoms with Crippen LogP contribution in [0.15, 0.2) is 48.5 Å². The number of nitrogens with zero attached hydrogens (tertiary/aromatic N) is 1. The summed E-state index contributed by atoms with van der Waals surface area (Å²) in [5.74, 6) is -0.391. The van der Waals surface area contributed by atoms with Crippen LogP contribution < -0.4 is 10.0 Å². The van der Waals surface area contributed by atoms with E-state index in [0.29, 0.717) is 16.8 Å². The SMILES string of the molecule is CC(C)S(=O)(=O)NCC(C)(F)c1ccc(NC(=O)c2cccc(C#N)c2)cc1. The molecule has 0 radical (unpaired) electrons. The van der Waals surface area contributed by atoms with Gasteiger partial charge in [-0.1, -0.05) is 18.2 Å². The third-order valence-electron chi connectivity index (χ3n) is 4.22. The average Bonchev–Trinajstić information content (AvgIpc) is 2.67. The van der Waals surface area contributed by atoms with Crippen LogP contribution in [0.4, 0.5) is 10.1 Å². The molecule has 0 saturated heterocycles. The second-order valence-corrected chi connectivity index (χ2v) is 9.16. The molecule has 2 rings (SSSR count). The molecule has 0 spiro atoms. The Morgan fingerprint density at radius 2 is 1.86 bits per heavy atom. The zero-order valence-corrected chi connectivity index (χ0v) is 16.7. The predicted octanol–water partition coefficient (Wildman–Crippen LogP) is 3.32. The lowest BCUT2D eigenvalue weighted by molar-refractivity contribution is 0.102. The van der Waals surface area contributed by atoms with Gasteiger partial charge in [-0.25, -0.2) is 17.5 Å². The molecular weight excluding hydrogens is 381 g/mol. The Bertz CT molecular complexity index is 994. The molecule has 8 heteroatoms. The molecule has 0 aliphatic heterocycles. The number of rotatable bonds is 7. The number of hydrogen-bond acceptors (Lipinski definition) is 4. The maximum absolute atomic E-state index is 14.9. The van der Waals surface area contributed by atoms with E-state index in [1.807, 2.05) is 6.07 Å². The average molecular weight is 403 g/mol. The van der Waals surface area contributed by atoms with Gasteiger partial charge in [0.05, 0.1) is 16.9 Å². The highest BCUT2D eigenvalue weighted by Crippen LogP contribution is 2.26. The summed E-state index contributed by atoms with van der Waals surface area (Å²) in [7, 11) is -3.57. The quantitative estimate of drug-likeness (QED) is 0.741. The Labute approximate surface area is 164 Å². The number of amides is 1. The van der Waals surface area contributed by atoms with Gasteiger partial charge in [-0.3, -0.25) is 4.79 Å². The van der Waals surface area contributed by atoms with Crippen LogP contribution in [0.25, 0.3) is 0 Å². The van der Waals surface area contributed by atoms with Crippen molar-refractivity contribution in [2.75, 3.05) is 11.9 Å². The number of alkyl halides is 1. The molecule has 28 heavy (non-hydrogen) atoms. The Morgan fingerprint density at radius 1 is 1.21 bits per heavy atom. The van der Waals surface area contributed by atoms with E-state index in [4.69, 9.17) is 5.26 Å². The normalized spacial score (nSPS) is 13.6. The van der Waals surface area contributed by atoms with Gasteiger partial charge in [0.1, 0.15) is 5.67 Å². The van der Waals surface area contributed by atoms with Crippen LogP contribution in [0, 0.1) is 11.3 Å². The lowest BCUT2D eigenvalue weighted by Crippen LogP contribution is -2.39. The maximum Gasteiger partial charge on any atom is 0.255 e. The highest BCUT2D eigenvalue weighted by molar-refractivity contribution is 7.90. The molecule has 0 heterocycles. The maximum atomic E-state index is 14.9. The predicted molar refractivity (Wildman–Crippen MR) is 106 cm³/mol. The van der Waals surface area contributed by atoms with Crippen LogP contribution in [0.2, 0.25) is 0 Å².